The molecule has 0 bridgehead atoms. The number of anilines is 3. The molecule has 7 heteroatoms. The number of ether oxygens (including phenoxy) is 1. The fourth-order valence-electron chi connectivity index (χ4n) is 3.59. The van der Waals surface area contributed by atoms with Crippen LogP contribution in [0.15, 0.2) is 54.7 Å². The van der Waals surface area contributed by atoms with Crippen molar-refractivity contribution >= 4 is 34.7 Å². The molecular formula is C23H23ClN4O2. The number of halogens is 1. The van der Waals surface area contributed by atoms with Gasteiger partial charge in [0.15, 0.2) is 0 Å². The molecule has 0 radical (unpaired) electrons. The Morgan fingerprint density at radius 2 is 2.03 bits per heavy atom. The van der Waals surface area contributed by atoms with E-state index in [1.807, 2.05) is 43.3 Å². The molecule has 1 aliphatic heterocycles. The van der Waals surface area contributed by atoms with E-state index in [4.69, 9.17) is 16.3 Å². The summed E-state index contributed by atoms with van der Waals surface area (Å²) in [5.74, 6) is 1.32. The van der Waals surface area contributed by atoms with Gasteiger partial charge in [0.25, 0.3) is 0 Å². The normalized spacial score (nSPS) is 12.4. The number of hydrogen-bond acceptors (Lipinski definition) is 5. The zero-order valence-electron chi connectivity index (χ0n) is 16.9. The fourth-order valence-corrected chi connectivity index (χ4v) is 3.74. The number of carbonyl (C=O) groups is 1. The number of fused-ring (bicyclic) bond motifs is 1. The van der Waals surface area contributed by atoms with E-state index in [1.165, 1.54) is 11.1 Å². The molecule has 4 rings (SSSR count). The highest BCUT2D eigenvalue weighted by atomic mass is 35.5. The highest BCUT2D eigenvalue weighted by molar-refractivity contribution is 6.31. The number of hydrogen-bond donors (Lipinski definition) is 2. The molecular weight excluding hydrogens is 400 g/mol. The molecule has 0 spiro atoms. The van der Waals surface area contributed by atoms with Gasteiger partial charge in [0, 0.05) is 36.1 Å². The van der Waals surface area contributed by atoms with Crippen LogP contribution in [0.4, 0.5) is 17.2 Å². The lowest BCUT2D eigenvalue weighted by molar-refractivity contribution is -0.114. The molecule has 1 amide bonds. The molecule has 0 atom stereocenters. The van der Waals surface area contributed by atoms with Crippen molar-refractivity contribution in [3.8, 4) is 5.75 Å². The second kappa shape index (κ2) is 8.63. The number of aryl methyl sites for hydroxylation is 1. The monoisotopic (exact) mass is 422 g/mol. The predicted molar refractivity (Wildman–Crippen MR) is 120 cm³/mol. The summed E-state index contributed by atoms with van der Waals surface area (Å²) in [6.07, 6.45) is 1.80. The molecule has 1 aliphatic rings. The summed E-state index contributed by atoms with van der Waals surface area (Å²) in [7, 11) is 1.55. The molecule has 0 saturated heterocycles. The number of carbonyl (C=O) groups excluding carboxylic acids is 1. The summed E-state index contributed by atoms with van der Waals surface area (Å²) in [5.41, 5.74) is 4.86. The molecule has 154 valence electrons. The van der Waals surface area contributed by atoms with Crippen molar-refractivity contribution in [3.05, 3.63) is 76.4 Å². The third-order valence-electron chi connectivity index (χ3n) is 5.15. The van der Waals surface area contributed by atoms with Crippen LogP contribution in [-0.2, 0) is 17.9 Å². The van der Waals surface area contributed by atoms with Crippen LogP contribution < -0.4 is 20.3 Å². The molecule has 0 saturated carbocycles. The van der Waals surface area contributed by atoms with E-state index < -0.39 is 0 Å². The van der Waals surface area contributed by atoms with Crippen molar-refractivity contribution in [2.75, 3.05) is 29.2 Å². The van der Waals surface area contributed by atoms with Gasteiger partial charge in [-0.3, -0.25) is 4.79 Å². The summed E-state index contributed by atoms with van der Waals surface area (Å²) in [4.78, 5) is 19.2. The van der Waals surface area contributed by atoms with Crippen LogP contribution in [0.1, 0.15) is 16.7 Å². The Morgan fingerprint density at radius 3 is 2.80 bits per heavy atom. The topological polar surface area (TPSA) is 66.5 Å². The van der Waals surface area contributed by atoms with Gasteiger partial charge in [0.05, 0.1) is 19.3 Å². The number of nitrogens with one attached hydrogen (secondary N) is 2. The zero-order valence-corrected chi connectivity index (χ0v) is 17.7. The molecule has 6 nitrogen and oxygen atoms in total. The van der Waals surface area contributed by atoms with Gasteiger partial charge in [0.2, 0.25) is 5.91 Å². The first-order valence-corrected chi connectivity index (χ1v) is 10.1. The number of amides is 1. The number of benzene rings is 2. The van der Waals surface area contributed by atoms with Crippen LogP contribution in [0.5, 0.6) is 5.75 Å². The summed E-state index contributed by atoms with van der Waals surface area (Å²) < 4.78 is 5.33. The largest absolute Gasteiger partial charge is 0.495 e. The molecule has 0 aliphatic carbocycles. The van der Waals surface area contributed by atoms with Gasteiger partial charge in [-0.05, 0) is 47.9 Å². The second-order valence-electron chi connectivity index (χ2n) is 7.19. The smallest absolute Gasteiger partial charge is 0.243 e. The van der Waals surface area contributed by atoms with Crippen molar-refractivity contribution in [1.82, 2.24) is 4.98 Å². The van der Waals surface area contributed by atoms with E-state index in [9.17, 15) is 4.79 Å². The summed E-state index contributed by atoms with van der Waals surface area (Å²) >= 11 is 6.14. The molecule has 30 heavy (non-hydrogen) atoms. The average molecular weight is 423 g/mol. The van der Waals surface area contributed by atoms with Crippen molar-refractivity contribution in [2.24, 2.45) is 0 Å². The highest BCUT2D eigenvalue weighted by Gasteiger charge is 2.22. The van der Waals surface area contributed by atoms with Gasteiger partial charge >= 0.3 is 0 Å². The van der Waals surface area contributed by atoms with Gasteiger partial charge in [-0.2, -0.15) is 0 Å². The molecule has 3 aromatic rings. The zero-order chi connectivity index (χ0) is 21.1. The molecule has 0 fully saturated rings. The van der Waals surface area contributed by atoms with E-state index in [-0.39, 0.29) is 12.5 Å². The summed E-state index contributed by atoms with van der Waals surface area (Å²) in [6, 6.07) is 15.5. The van der Waals surface area contributed by atoms with Crippen LogP contribution in [0.3, 0.4) is 0 Å². The minimum atomic E-state index is -0.160. The fraction of sp³-hybridized carbons (Fsp3) is 0.217. The molecule has 0 unspecified atom stereocenters. The van der Waals surface area contributed by atoms with E-state index >= 15 is 0 Å². The highest BCUT2D eigenvalue weighted by Crippen LogP contribution is 2.32. The number of rotatable bonds is 6. The Kier molecular flexibility index (Phi) is 5.77. The Hall–Kier alpha value is -3.25. The maximum atomic E-state index is 12.6. The van der Waals surface area contributed by atoms with E-state index in [0.717, 1.165) is 30.2 Å². The summed E-state index contributed by atoms with van der Waals surface area (Å²) in [5, 5.41) is 6.77. The quantitative estimate of drug-likeness (QED) is 0.606. The van der Waals surface area contributed by atoms with Crippen molar-refractivity contribution in [1.29, 1.82) is 0 Å². The SMILES string of the molecule is COc1cc(Cl)c(C)cc1NC(=O)CNc1cccc2c1CN(c1ccccn1)C2. The molecule has 2 heterocycles. The van der Waals surface area contributed by atoms with Gasteiger partial charge in [-0.1, -0.05) is 29.8 Å². The first kappa shape index (κ1) is 20.0. The predicted octanol–water partition coefficient (Wildman–Crippen LogP) is 4.62. The van der Waals surface area contributed by atoms with Crippen LogP contribution in [0, 0.1) is 6.92 Å². The lowest BCUT2D eigenvalue weighted by Gasteiger charge is -2.16. The van der Waals surface area contributed by atoms with Crippen LogP contribution in [0.25, 0.3) is 0 Å². The van der Waals surface area contributed by atoms with Crippen molar-refractivity contribution in [2.45, 2.75) is 20.0 Å². The Bertz CT molecular complexity index is 1070. The van der Waals surface area contributed by atoms with Gasteiger partial charge < -0.3 is 20.3 Å². The second-order valence-corrected chi connectivity index (χ2v) is 7.60. The van der Waals surface area contributed by atoms with Gasteiger partial charge in [-0.15, -0.1) is 0 Å². The van der Waals surface area contributed by atoms with Crippen LogP contribution in [-0.4, -0.2) is 24.5 Å². The van der Waals surface area contributed by atoms with E-state index in [1.54, 1.807) is 19.4 Å². The Balaban J connectivity index is 1.43. The average Bonchev–Trinajstić information content (AvgIpc) is 3.20. The van der Waals surface area contributed by atoms with Crippen LogP contribution in [0.2, 0.25) is 5.02 Å². The lowest BCUT2D eigenvalue weighted by Crippen LogP contribution is -2.22. The molecule has 2 N–H and O–H groups in total. The van der Waals surface area contributed by atoms with Gasteiger partial charge in [0.1, 0.15) is 11.6 Å². The van der Waals surface area contributed by atoms with E-state index in [2.05, 4.69) is 26.6 Å². The van der Waals surface area contributed by atoms with Crippen LogP contribution >= 0.6 is 11.6 Å². The number of nitrogens with zero attached hydrogens (tertiary/aromatic N) is 2. The Labute approximate surface area is 180 Å². The van der Waals surface area contributed by atoms with E-state index in [0.29, 0.717) is 16.5 Å². The first-order valence-electron chi connectivity index (χ1n) is 9.69. The number of aromatic nitrogens is 1. The first-order chi connectivity index (χ1) is 14.5. The third kappa shape index (κ3) is 4.19. The number of methoxy groups -OCH3 is 1. The Morgan fingerprint density at radius 1 is 1.17 bits per heavy atom. The maximum absolute atomic E-state index is 12.6. The molecule has 1 aromatic heterocycles. The molecule has 2 aromatic carbocycles. The third-order valence-corrected chi connectivity index (χ3v) is 5.56. The minimum absolute atomic E-state index is 0.144. The summed E-state index contributed by atoms with van der Waals surface area (Å²) in [6.45, 7) is 3.58. The maximum Gasteiger partial charge on any atom is 0.243 e. The van der Waals surface area contributed by atoms with Crippen molar-refractivity contribution in [3.63, 3.8) is 0 Å². The lowest BCUT2D eigenvalue weighted by atomic mass is 10.1. The number of pyridine rings is 1. The van der Waals surface area contributed by atoms with Gasteiger partial charge in [-0.25, -0.2) is 4.98 Å². The minimum Gasteiger partial charge on any atom is -0.495 e. The van der Waals surface area contributed by atoms with Crippen molar-refractivity contribution < 1.29 is 9.53 Å². The standard InChI is InChI=1S/C23H23ClN4O2/c1-15-10-20(21(30-2)11-18(15)24)27-23(29)12-26-19-7-5-6-16-13-28(14-17(16)19)22-8-3-4-9-25-22/h3-11,26H,12-14H2,1-2H3,(H,27,29).